The number of hydrogen-bond donors (Lipinski definition) is 2. The van der Waals surface area contributed by atoms with E-state index in [1.165, 1.54) is 11.4 Å². The van der Waals surface area contributed by atoms with Crippen LogP contribution in [0.25, 0.3) is 21.9 Å². The van der Waals surface area contributed by atoms with Gasteiger partial charge in [-0.2, -0.15) is 4.98 Å². The molecule has 6 rings (SSSR count). The average Bonchev–Trinajstić information content (AvgIpc) is 3.68. The summed E-state index contributed by atoms with van der Waals surface area (Å²) in [7, 11) is 5.29. The largest absolute Gasteiger partial charge is 0.755 e. The summed E-state index contributed by atoms with van der Waals surface area (Å²) in [5, 5.41) is 13.7. The zero-order valence-electron chi connectivity index (χ0n) is 32.4. The van der Waals surface area contributed by atoms with Crippen LogP contribution >= 0.6 is 0 Å². The molecule has 3 unspecified atom stereocenters. The standard InChI is InChI=1S/C42H50N6O8S/c1-46(2)37-16-8-15-35-34(37)14-9-17-38(35)48(57(51)52)32-13-7-12-31(28-32)36-29-44-42(43-19-22-54-24-26-56-27-25-55-23-21-49)45-40(36)47-20-18-33(39(47)41(50)53-3)30-10-5-4-6-11-30/h4-17,28-29,33,39,49H,18-27H2,1-3H3,(H,51,52)(H,43,44,45)/p-1. The minimum atomic E-state index is -2.68. The number of aromatic nitrogens is 2. The van der Waals surface area contributed by atoms with Crippen molar-refractivity contribution in [3.63, 3.8) is 0 Å². The van der Waals surface area contributed by atoms with Crippen LogP contribution in [0.4, 0.5) is 28.8 Å². The van der Waals surface area contributed by atoms with E-state index in [2.05, 4.69) is 10.3 Å². The Balaban J connectivity index is 1.31. The number of anilines is 5. The molecular weight excluding hydrogens is 749 g/mol. The van der Waals surface area contributed by atoms with Crippen molar-refractivity contribution < 1.29 is 37.6 Å². The number of methoxy groups -OCH3 is 1. The Morgan fingerprint density at radius 1 is 0.895 bits per heavy atom. The lowest BCUT2D eigenvalue weighted by molar-refractivity contribution is -0.142. The van der Waals surface area contributed by atoms with Gasteiger partial charge in [-0.25, -0.2) is 9.78 Å². The normalized spacial score (nSPS) is 15.8. The fourth-order valence-corrected chi connectivity index (χ4v) is 7.77. The van der Waals surface area contributed by atoms with Crippen LogP contribution < -0.4 is 19.4 Å². The lowest BCUT2D eigenvalue weighted by Crippen LogP contribution is -2.40. The van der Waals surface area contributed by atoms with E-state index in [9.17, 15) is 13.6 Å². The Labute approximate surface area is 335 Å². The molecule has 57 heavy (non-hydrogen) atoms. The van der Waals surface area contributed by atoms with Crippen LogP contribution in [-0.4, -0.2) is 116 Å². The molecule has 3 atom stereocenters. The Bertz CT molecular complexity index is 2110. The SMILES string of the molecule is COC(=O)C1C(c2ccccc2)CCN1c1nc(NCCOCCOCCOCCO)ncc1-c1cccc(N(c2cccc3c(N(C)C)cccc23)S(=O)[O-])c1. The number of aliphatic hydroxyl groups excluding tert-OH is 1. The van der Waals surface area contributed by atoms with Crippen LogP contribution in [-0.2, 0) is 35.0 Å². The third-order valence-corrected chi connectivity index (χ3v) is 10.4. The highest BCUT2D eigenvalue weighted by atomic mass is 32.2. The highest BCUT2D eigenvalue weighted by Gasteiger charge is 2.42. The number of ether oxygens (including phenoxy) is 4. The number of carbonyl (C=O) groups is 1. The van der Waals surface area contributed by atoms with Gasteiger partial charge >= 0.3 is 5.97 Å². The molecule has 5 aromatic rings. The van der Waals surface area contributed by atoms with E-state index < -0.39 is 17.3 Å². The summed E-state index contributed by atoms with van der Waals surface area (Å²) >= 11 is -2.68. The molecule has 0 aliphatic carbocycles. The first-order valence-electron chi connectivity index (χ1n) is 18.9. The van der Waals surface area contributed by atoms with Gasteiger partial charge in [-0.05, 0) is 41.8 Å². The maximum Gasteiger partial charge on any atom is 0.329 e. The van der Waals surface area contributed by atoms with Gasteiger partial charge in [0.15, 0.2) is 0 Å². The van der Waals surface area contributed by atoms with Crippen molar-refractivity contribution in [3.8, 4) is 11.1 Å². The summed E-state index contributed by atoms with van der Waals surface area (Å²) in [6, 6.07) is 27.9. The Morgan fingerprint density at radius 2 is 1.56 bits per heavy atom. The number of nitrogens with zero attached hydrogens (tertiary/aromatic N) is 5. The molecule has 1 aliphatic rings. The first kappa shape index (κ1) is 41.5. The van der Waals surface area contributed by atoms with Gasteiger partial charge < -0.3 is 43.7 Å². The number of carbonyl (C=O) groups excluding carboxylic acids is 1. The number of nitrogens with one attached hydrogen (secondary N) is 1. The molecule has 0 saturated carbocycles. The minimum absolute atomic E-state index is 0.0232. The smallest absolute Gasteiger partial charge is 0.329 e. The van der Waals surface area contributed by atoms with Gasteiger partial charge in [0, 0.05) is 61.3 Å². The first-order chi connectivity index (χ1) is 27.8. The lowest BCUT2D eigenvalue weighted by atomic mass is 9.91. The molecule has 0 radical (unpaired) electrons. The summed E-state index contributed by atoms with van der Waals surface area (Å²) in [6.07, 6.45) is 2.37. The molecule has 4 aromatic carbocycles. The molecule has 0 amide bonds. The van der Waals surface area contributed by atoms with Crippen molar-refractivity contribution in [2.75, 3.05) is 100.0 Å². The van der Waals surface area contributed by atoms with E-state index in [1.807, 2.05) is 90.6 Å². The van der Waals surface area contributed by atoms with Crippen molar-refractivity contribution >= 4 is 56.8 Å². The predicted molar refractivity (Wildman–Crippen MR) is 222 cm³/mol. The summed E-state index contributed by atoms with van der Waals surface area (Å²) in [4.78, 5) is 27.2. The Kier molecular flexibility index (Phi) is 14.8. The molecule has 2 N–H and O–H groups in total. The maximum absolute atomic E-state index is 13.6. The highest BCUT2D eigenvalue weighted by molar-refractivity contribution is 7.81. The van der Waals surface area contributed by atoms with Crippen molar-refractivity contribution in [3.05, 3.63) is 103 Å². The fourth-order valence-electron chi connectivity index (χ4n) is 7.16. The maximum atomic E-state index is 13.6. The third kappa shape index (κ3) is 10.1. The third-order valence-electron chi connectivity index (χ3n) is 9.74. The Hall–Kier alpha value is -5.16. The molecule has 1 saturated heterocycles. The quantitative estimate of drug-likeness (QED) is 0.0595. The van der Waals surface area contributed by atoms with Crippen LogP contribution in [0, 0.1) is 0 Å². The van der Waals surface area contributed by atoms with Crippen molar-refractivity contribution in [2.24, 2.45) is 0 Å². The molecular formula is C42H49N6O8S-. The molecule has 302 valence electrons. The van der Waals surface area contributed by atoms with E-state index >= 15 is 0 Å². The van der Waals surface area contributed by atoms with Crippen LogP contribution in [0.2, 0.25) is 0 Å². The first-order valence-corrected chi connectivity index (χ1v) is 19.9. The molecule has 1 aromatic heterocycles. The monoisotopic (exact) mass is 797 g/mol. The second-order valence-corrected chi connectivity index (χ2v) is 14.3. The second kappa shape index (κ2) is 20.3. The zero-order valence-corrected chi connectivity index (χ0v) is 33.2. The van der Waals surface area contributed by atoms with E-state index in [0.717, 1.165) is 22.0 Å². The van der Waals surface area contributed by atoms with E-state index in [1.54, 1.807) is 30.5 Å². The van der Waals surface area contributed by atoms with E-state index in [-0.39, 0.29) is 25.1 Å². The molecule has 1 aliphatic heterocycles. The molecule has 1 fully saturated rings. The van der Waals surface area contributed by atoms with Gasteiger partial charge in [0.05, 0.1) is 76.0 Å². The number of aliphatic hydroxyl groups is 1. The topological polar surface area (TPSA) is 162 Å². The van der Waals surface area contributed by atoms with Crippen LogP contribution in [0.15, 0.2) is 97.2 Å². The summed E-state index contributed by atoms with van der Waals surface area (Å²) in [6.45, 7) is 3.15. The lowest BCUT2D eigenvalue weighted by Gasteiger charge is -2.30. The predicted octanol–water partition coefficient (Wildman–Crippen LogP) is 5.28. The van der Waals surface area contributed by atoms with Crippen molar-refractivity contribution in [1.82, 2.24) is 9.97 Å². The number of hydrogen-bond acceptors (Lipinski definition) is 13. The minimum Gasteiger partial charge on any atom is -0.755 e. The average molecular weight is 798 g/mol. The number of benzene rings is 4. The van der Waals surface area contributed by atoms with Gasteiger partial charge in [-0.15, -0.1) is 0 Å². The van der Waals surface area contributed by atoms with Gasteiger partial charge in [0.25, 0.3) is 0 Å². The van der Waals surface area contributed by atoms with Crippen LogP contribution in [0.5, 0.6) is 0 Å². The van der Waals surface area contributed by atoms with E-state index in [0.29, 0.717) is 86.8 Å². The van der Waals surface area contributed by atoms with E-state index in [4.69, 9.17) is 29.0 Å². The van der Waals surface area contributed by atoms with Gasteiger partial charge in [-0.3, -0.25) is 8.51 Å². The van der Waals surface area contributed by atoms with Gasteiger partial charge in [0.1, 0.15) is 11.9 Å². The summed E-state index contributed by atoms with van der Waals surface area (Å²) in [5.41, 5.74) is 4.19. The molecule has 15 heteroatoms. The summed E-state index contributed by atoms with van der Waals surface area (Å²) < 4.78 is 49.2. The Morgan fingerprint density at radius 3 is 2.25 bits per heavy atom. The summed E-state index contributed by atoms with van der Waals surface area (Å²) in [5.74, 6) is 0.308. The highest BCUT2D eigenvalue weighted by Crippen LogP contribution is 2.42. The van der Waals surface area contributed by atoms with Crippen LogP contribution in [0.3, 0.4) is 0 Å². The molecule has 0 bridgehead atoms. The number of fused-ring (bicyclic) bond motifs is 1. The van der Waals surface area contributed by atoms with Crippen molar-refractivity contribution in [2.45, 2.75) is 18.4 Å². The van der Waals surface area contributed by atoms with Gasteiger partial charge in [0.2, 0.25) is 5.95 Å². The van der Waals surface area contributed by atoms with Crippen molar-refractivity contribution in [1.29, 1.82) is 0 Å². The van der Waals surface area contributed by atoms with Gasteiger partial charge in [-0.1, -0.05) is 66.7 Å². The molecule has 0 spiro atoms. The molecule has 2 heterocycles. The van der Waals surface area contributed by atoms with Crippen LogP contribution in [0.1, 0.15) is 17.9 Å². The number of rotatable bonds is 20. The number of esters is 1. The molecule has 14 nitrogen and oxygen atoms in total. The fraction of sp³-hybridized carbons (Fsp3) is 0.357. The second-order valence-electron chi connectivity index (χ2n) is 13.5. The zero-order chi connectivity index (χ0) is 40.1.